The molecule has 0 radical (unpaired) electrons. The SMILES string of the molecule is CCC[CH2][Sn]([C]#Cc1cc(C#[C][Sn]([CH2]CCC)([CH2]CCC)[CH2]CCC)cc(C#[C][Sn]([CH2]CCC)([CH2]CCC)[CH2]CCC)c1)([CH2]CCC)[CH2]CCC. The Morgan fingerprint density at radius 1 is 0.294 bits per heavy atom. The van der Waals surface area contributed by atoms with E-state index in [2.05, 4.69) is 110 Å². The molecule has 0 N–H and O–H groups in total. The number of unbranched alkanes of at least 4 members (excludes halogenated alkanes) is 9. The van der Waals surface area contributed by atoms with Gasteiger partial charge in [0, 0.05) is 0 Å². The summed E-state index contributed by atoms with van der Waals surface area (Å²) in [5, 5.41) is 0. The monoisotopic (exact) mass is 1020 g/mol. The van der Waals surface area contributed by atoms with Gasteiger partial charge in [0.15, 0.2) is 0 Å². The Labute approximate surface area is 334 Å². The van der Waals surface area contributed by atoms with Crippen molar-refractivity contribution in [2.24, 2.45) is 0 Å². The standard InChI is InChI=1S/C12H3.9C4H9.3Sn/c1-4-10-7-11(5-2)9-12(6-3)8-10;9*1-3-4-2;;;/h7-9H;9*1,3-4H2,2H3;;;. The van der Waals surface area contributed by atoms with E-state index in [1.54, 1.807) is 0 Å². The van der Waals surface area contributed by atoms with Crippen molar-refractivity contribution in [2.45, 2.75) is 218 Å². The fourth-order valence-electron chi connectivity index (χ4n) is 7.78. The Balaban J connectivity index is 4.01. The van der Waals surface area contributed by atoms with Gasteiger partial charge in [0.1, 0.15) is 0 Å². The van der Waals surface area contributed by atoms with Crippen molar-refractivity contribution >= 4 is 55.1 Å². The van der Waals surface area contributed by atoms with Crippen molar-refractivity contribution in [3.63, 3.8) is 0 Å². The van der Waals surface area contributed by atoms with E-state index in [-0.39, 0.29) is 0 Å². The molecule has 0 saturated heterocycles. The zero-order valence-corrected chi connectivity index (χ0v) is 44.4. The first-order valence-corrected chi connectivity index (χ1v) is 45.0. The summed E-state index contributed by atoms with van der Waals surface area (Å²) in [6.07, 6.45) is 24.0. The molecule has 3 heteroatoms. The van der Waals surface area contributed by atoms with Gasteiger partial charge in [0.2, 0.25) is 0 Å². The molecule has 0 unspecified atom stereocenters. The van der Waals surface area contributed by atoms with Crippen molar-refractivity contribution < 1.29 is 0 Å². The molecule has 0 aliphatic rings. The van der Waals surface area contributed by atoms with Crippen LogP contribution in [0.1, 0.15) is 195 Å². The second kappa shape index (κ2) is 30.5. The van der Waals surface area contributed by atoms with Gasteiger partial charge in [-0.05, 0) is 0 Å². The van der Waals surface area contributed by atoms with Crippen LogP contribution < -0.4 is 0 Å². The maximum atomic E-state index is 4.21. The van der Waals surface area contributed by atoms with Crippen molar-refractivity contribution in [1.29, 1.82) is 0 Å². The Hall–Kier alpha value is 0.296. The van der Waals surface area contributed by atoms with E-state index in [9.17, 15) is 0 Å². The Morgan fingerprint density at radius 3 is 0.588 bits per heavy atom. The van der Waals surface area contributed by atoms with Gasteiger partial charge in [0.25, 0.3) is 0 Å². The van der Waals surface area contributed by atoms with Crippen LogP contribution in [-0.4, -0.2) is 55.1 Å². The van der Waals surface area contributed by atoms with Crippen molar-refractivity contribution in [1.82, 2.24) is 0 Å². The molecule has 0 aliphatic carbocycles. The summed E-state index contributed by atoms with van der Waals surface area (Å²) in [5.74, 6) is 11.8. The van der Waals surface area contributed by atoms with E-state index in [1.807, 2.05) is 0 Å². The van der Waals surface area contributed by atoms with Gasteiger partial charge in [-0.1, -0.05) is 0 Å². The maximum absolute atomic E-state index is 4.21. The molecule has 1 aromatic carbocycles. The molecule has 0 amide bonds. The summed E-state index contributed by atoms with van der Waals surface area (Å²) < 4.78 is 25.6. The van der Waals surface area contributed by atoms with E-state index in [0.29, 0.717) is 0 Å². The van der Waals surface area contributed by atoms with Crippen LogP contribution in [0.5, 0.6) is 0 Å². The molecule has 0 fully saturated rings. The molecule has 288 valence electrons. The van der Waals surface area contributed by atoms with Gasteiger partial charge >= 0.3 is 337 Å². The molecule has 1 aromatic rings. The van der Waals surface area contributed by atoms with Crippen LogP contribution in [0.4, 0.5) is 0 Å². The molecule has 0 nitrogen and oxygen atoms in total. The molecular formula is C48H84Sn3. The summed E-state index contributed by atoms with van der Waals surface area (Å²) in [5.41, 5.74) is 3.64. The third-order valence-electron chi connectivity index (χ3n) is 11.4. The summed E-state index contributed by atoms with van der Waals surface area (Å²) >= 11 is -7.80. The van der Waals surface area contributed by atoms with E-state index in [4.69, 9.17) is 0 Å². The fraction of sp³-hybridized carbons (Fsp3) is 0.750. The number of rotatable bonds is 27. The van der Waals surface area contributed by atoms with Crippen molar-refractivity contribution in [3.8, 4) is 29.6 Å². The molecule has 0 spiro atoms. The minimum absolute atomic E-state index is 1.21. The number of hydrogen-bond donors (Lipinski definition) is 0. The van der Waals surface area contributed by atoms with Crippen LogP contribution in [-0.2, 0) is 0 Å². The topological polar surface area (TPSA) is 0 Å². The van der Waals surface area contributed by atoms with Gasteiger partial charge in [-0.15, -0.1) is 0 Å². The third kappa shape index (κ3) is 20.7. The first kappa shape index (κ1) is 49.3. The molecule has 0 bridgehead atoms. The second-order valence-electron chi connectivity index (χ2n) is 16.3. The Bertz CT molecular complexity index is 996. The molecule has 0 saturated carbocycles. The zero-order chi connectivity index (χ0) is 37.7. The molecule has 1 rings (SSSR count). The van der Waals surface area contributed by atoms with Gasteiger partial charge in [0.05, 0.1) is 0 Å². The number of benzene rings is 1. The third-order valence-corrected chi connectivity index (χ3v) is 50.7. The Morgan fingerprint density at radius 2 is 0.451 bits per heavy atom. The van der Waals surface area contributed by atoms with Crippen LogP contribution in [0.25, 0.3) is 0 Å². The van der Waals surface area contributed by atoms with E-state index in [1.165, 1.54) is 172 Å². The molecule has 0 aromatic heterocycles. The average molecular weight is 1020 g/mol. The summed E-state index contributed by atoms with van der Waals surface area (Å²) in [6.45, 7) is 21.3. The Kier molecular flexibility index (Phi) is 29.5. The van der Waals surface area contributed by atoms with Crippen molar-refractivity contribution in [2.75, 3.05) is 0 Å². The molecule has 0 atom stereocenters. The quantitative estimate of drug-likeness (QED) is 0.0609. The zero-order valence-electron chi connectivity index (χ0n) is 35.8. The fourth-order valence-corrected chi connectivity index (χ4v) is 47.4. The van der Waals surface area contributed by atoms with Crippen LogP contribution in [0.3, 0.4) is 0 Å². The van der Waals surface area contributed by atoms with E-state index in [0.717, 1.165) is 0 Å². The van der Waals surface area contributed by atoms with Crippen LogP contribution in [0.2, 0.25) is 39.9 Å². The predicted octanol–water partition coefficient (Wildman–Crippen LogP) is 15.9. The van der Waals surface area contributed by atoms with Gasteiger partial charge in [-0.3, -0.25) is 0 Å². The predicted molar refractivity (Wildman–Crippen MR) is 242 cm³/mol. The second-order valence-corrected chi connectivity index (χ2v) is 53.2. The molecule has 0 aliphatic heterocycles. The van der Waals surface area contributed by atoms with Crippen LogP contribution in [0, 0.1) is 29.6 Å². The molecule has 0 heterocycles. The number of hydrogen-bond acceptors (Lipinski definition) is 0. The molecule has 51 heavy (non-hydrogen) atoms. The average Bonchev–Trinajstić information content (AvgIpc) is 3.16. The summed E-state index contributed by atoms with van der Waals surface area (Å²) in [6, 6.07) is 7.16. The summed E-state index contributed by atoms with van der Waals surface area (Å²) in [7, 11) is 0. The van der Waals surface area contributed by atoms with Crippen LogP contribution in [0.15, 0.2) is 18.2 Å². The minimum atomic E-state index is -2.60. The first-order chi connectivity index (χ1) is 24.8. The van der Waals surface area contributed by atoms with E-state index < -0.39 is 55.1 Å². The first-order valence-electron chi connectivity index (χ1n) is 22.5. The van der Waals surface area contributed by atoms with Crippen LogP contribution >= 0.6 is 0 Å². The van der Waals surface area contributed by atoms with Gasteiger partial charge in [-0.25, -0.2) is 0 Å². The van der Waals surface area contributed by atoms with Crippen molar-refractivity contribution in [3.05, 3.63) is 34.9 Å². The van der Waals surface area contributed by atoms with E-state index >= 15 is 0 Å². The van der Waals surface area contributed by atoms with Gasteiger partial charge in [-0.2, -0.15) is 0 Å². The molecular weight excluding hydrogens is 933 g/mol. The van der Waals surface area contributed by atoms with Gasteiger partial charge < -0.3 is 0 Å². The summed E-state index contributed by atoms with van der Waals surface area (Å²) in [4.78, 5) is 0. The normalized spacial score (nSPS) is 11.7.